The highest BCUT2D eigenvalue weighted by Crippen LogP contribution is 2.34. The topological polar surface area (TPSA) is 91.1 Å². The number of carbonyl (C=O) groups is 2. The minimum absolute atomic E-state index is 0.208. The van der Waals surface area contributed by atoms with Gasteiger partial charge in [-0.15, -0.1) is 0 Å². The lowest BCUT2D eigenvalue weighted by Crippen LogP contribution is -2.49. The number of amides is 1. The molecule has 1 amide bonds. The normalized spacial score (nSPS) is 17.9. The standard InChI is InChI=1S/C21H24F3N5O4/c22-21(23,24)16-2-1-15(18(13-16)27-9-11-33-12-10-27)14-26-5-7-28(8-6-26)20(32)29-4-3-17(25-29)19(30)31/h1-4,13H,5-12,14H2,(H,30,31). The van der Waals surface area contributed by atoms with Gasteiger partial charge in [0, 0.05) is 57.7 Å². The number of aromatic nitrogens is 2. The molecule has 0 bridgehead atoms. The van der Waals surface area contributed by atoms with Gasteiger partial charge < -0.3 is 19.6 Å². The molecule has 1 N–H and O–H groups in total. The highest BCUT2D eigenvalue weighted by atomic mass is 19.4. The van der Waals surface area contributed by atoms with Gasteiger partial charge in [-0.2, -0.15) is 23.0 Å². The summed E-state index contributed by atoms with van der Waals surface area (Å²) in [6.45, 7) is 4.30. The van der Waals surface area contributed by atoms with E-state index in [1.165, 1.54) is 24.4 Å². The first-order valence-electron chi connectivity index (χ1n) is 10.6. The van der Waals surface area contributed by atoms with Gasteiger partial charge in [0.05, 0.1) is 18.8 Å². The number of benzene rings is 1. The lowest BCUT2D eigenvalue weighted by Gasteiger charge is -2.36. The Kier molecular flexibility index (Phi) is 6.56. The molecule has 0 radical (unpaired) electrons. The first-order valence-corrected chi connectivity index (χ1v) is 10.6. The number of carboxylic acids is 1. The summed E-state index contributed by atoms with van der Waals surface area (Å²) in [5.41, 5.74) is 0.468. The lowest BCUT2D eigenvalue weighted by atomic mass is 10.1. The van der Waals surface area contributed by atoms with Crippen molar-refractivity contribution >= 4 is 17.7 Å². The number of hydrogen-bond acceptors (Lipinski definition) is 6. The van der Waals surface area contributed by atoms with Crippen molar-refractivity contribution in [3.8, 4) is 0 Å². The number of alkyl halides is 3. The van der Waals surface area contributed by atoms with E-state index in [0.29, 0.717) is 64.7 Å². The first kappa shape index (κ1) is 23.1. The average Bonchev–Trinajstić information content (AvgIpc) is 3.30. The van der Waals surface area contributed by atoms with Gasteiger partial charge in [0.15, 0.2) is 5.69 Å². The van der Waals surface area contributed by atoms with Crippen molar-refractivity contribution in [2.24, 2.45) is 0 Å². The van der Waals surface area contributed by atoms with Crippen LogP contribution in [0.15, 0.2) is 30.5 Å². The van der Waals surface area contributed by atoms with Gasteiger partial charge in [0.2, 0.25) is 0 Å². The van der Waals surface area contributed by atoms with Crippen molar-refractivity contribution in [1.82, 2.24) is 19.6 Å². The molecule has 2 fully saturated rings. The van der Waals surface area contributed by atoms with E-state index in [4.69, 9.17) is 9.84 Å². The van der Waals surface area contributed by atoms with Gasteiger partial charge >= 0.3 is 18.2 Å². The van der Waals surface area contributed by atoms with Gasteiger partial charge in [-0.25, -0.2) is 9.59 Å². The van der Waals surface area contributed by atoms with Crippen molar-refractivity contribution in [2.75, 3.05) is 57.4 Å². The van der Waals surface area contributed by atoms with Crippen LogP contribution in [0, 0.1) is 0 Å². The second-order valence-corrected chi connectivity index (χ2v) is 7.94. The fourth-order valence-electron chi connectivity index (χ4n) is 4.00. The number of piperazine rings is 1. The third-order valence-corrected chi connectivity index (χ3v) is 5.81. The molecule has 1 aromatic carbocycles. The van der Waals surface area contributed by atoms with Crippen LogP contribution >= 0.6 is 0 Å². The third kappa shape index (κ3) is 5.28. The number of hydrogen-bond donors (Lipinski definition) is 1. The molecule has 12 heteroatoms. The zero-order valence-electron chi connectivity index (χ0n) is 17.8. The highest BCUT2D eigenvalue weighted by Gasteiger charge is 2.32. The fourth-order valence-corrected chi connectivity index (χ4v) is 4.00. The molecular formula is C21H24F3N5O4. The zero-order chi connectivity index (χ0) is 23.6. The van der Waals surface area contributed by atoms with Crippen LogP contribution in [0.2, 0.25) is 0 Å². The van der Waals surface area contributed by atoms with E-state index in [9.17, 15) is 22.8 Å². The number of morpholine rings is 1. The van der Waals surface area contributed by atoms with E-state index in [1.807, 2.05) is 4.90 Å². The van der Waals surface area contributed by atoms with Gasteiger partial charge in [0.25, 0.3) is 0 Å². The number of aromatic carboxylic acids is 1. The Morgan fingerprint density at radius 2 is 1.73 bits per heavy atom. The molecule has 2 aliphatic heterocycles. The van der Waals surface area contributed by atoms with E-state index < -0.39 is 23.7 Å². The van der Waals surface area contributed by atoms with Gasteiger partial charge in [0.1, 0.15) is 0 Å². The molecule has 33 heavy (non-hydrogen) atoms. The Morgan fingerprint density at radius 1 is 1.03 bits per heavy atom. The van der Waals surface area contributed by atoms with E-state index in [0.717, 1.165) is 16.3 Å². The highest BCUT2D eigenvalue weighted by molar-refractivity contribution is 5.86. The summed E-state index contributed by atoms with van der Waals surface area (Å²) in [6.07, 6.45) is -3.10. The van der Waals surface area contributed by atoms with Crippen LogP contribution in [-0.4, -0.2) is 89.2 Å². The molecule has 0 atom stereocenters. The molecular weight excluding hydrogens is 443 g/mol. The van der Waals surface area contributed by atoms with Crippen molar-refractivity contribution in [2.45, 2.75) is 12.7 Å². The number of anilines is 1. The van der Waals surface area contributed by atoms with E-state index >= 15 is 0 Å². The number of rotatable bonds is 4. The molecule has 0 aliphatic carbocycles. The molecule has 2 aliphatic rings. The van der Waals surface area contributed by atoms with Crippen LogP contribution in [0.4, 0.5) is 23.7 Å². The summed E-state index contributed by atoms with van der Waals surface area (Å²) in [5.74, 6) is -1.21. The van der Waals surface area contributed by atoms with Crippen LogP contribution < -0.4 is 4.90 Å². The minimum Gasteiger partial charge on any atom is -0.476 e. The molecule has 1 aromatic heterocycles. The van der Waals surface area contributed by atoms with Crippen molar-refractivity contribution in [1.29, 1.82) is 0 Å². The smallest absolute Gasteiger partial charge is 0.416 e. The predicted octanol–water partition coefficient (Wildman–Crippen LogP) is 2.22. The molecule has 3 heterocycles. The number of nitrogens with zero attached hydrogens (tertiary/aromatic N) is 5. The minimum atomic E-state index is -4.42. The van der Waals surface area contributed by atoms with Crippen molar-refractivity contribution in [3.05, 3.63) is 47.3 Å². The molecule has 9 nitrogen and oxygen atoms in total. The zero-order valence-corrected chi connectivity index (χ0v) is 17.8. The Hall–Kier alpha value is -3.12. The third-order valence-electron chi connectivity index (χ3n) is 5.81. The Labute approximate surface area is 187 Å². The van der Waals surface area contributed by atoms with Crippen LogP contribution in [0.3, 0.4) is 0 Å². The SMILES string of the molecule is O=C(O)c1ccn(C(=O)N2CCN(Cc3ccc(C(F)(F)F)cc3N3CCOCC3)CC2)n1. The number of carboxylic acid groups (broad SMARTS) is 1. The van der Waals surface area contributed by atoms with Gasteiger partial charge in [-0.3, -0.25) is 4.90 Å². The Bertz CT molecular complexity index is 1010. The summed E-state index contributed by atoms with van der Waals surface area (Å²) < 4.78 is 46.2. The van der Waals surface area contributed by atoms with E-state index in [1.54, 1.807) is 4.90 Å². The molecule has 178 valence electrons. The molecule has 2 saturated heterocycles. The molecule has 2 aromatic rings. The van der Waals surface area contributed by atoms with Gasteiger partial charge in [-0.05, 0) is 23.8 Å². The second-order valence-electron chi connectivity index (χ2n) is 7.94. The quantitative estimate of drug-likeness (QED) is 0.738. The van der Waals surface area contributed by atoms with Crippen LogP contribution in [0.25, 0.3) is 0 Å². The number of ether oxygens (including phenoxy) is 1. The Balaban J connectivity index is 1.43. The van der Waals surface area contributed by atoms with Crippen molar-refractivity contribution < 1.29 is 32.6 Å². The van der Waals surface area contributed by atoms with E-state index in [2.05, 4.69) is 10.00 Å². The number of carbonyl (C=O) groups excluding carboxylic acids is 1. The molecule has 0 saturated carbocycles. The van der Waals surface area contributed by atoms with Gasteiger partial charge in [-0.1, -0.05) is 6.07 Å². The lowest BCUT2D eigenvalue weighted by molar-refractivity contribution is -0.137. The molecule has 4 rings (SSSR count). The second kappa shape index (κ2) is 9.40. The average molecular weight is 467 g/mol. The summed E-state index contributed by atoms with van der Waals surface area (Å²) in [6, 6.07) is 4.69. The monoisotopic (exact) mass is 467 g/mol. The van der Waals surface area contributed by atoms with Crippen molar-refractivity contribution in [3.63, 3.8) is 0 Å². The Morgan fingerprint density at radius 3 is 2.33 bits per heavy atom. The maximum Gasteiger partial charge on any atom is 0.416 e. The van der Waals surface area contributed by atoms with E-state index in [-0.39, 0.29) is 5.69 Å². The first-order chi connectivity index (χ1) is 15.7. The van der Waals surface area contributed by atoms with Crippen LogP contribution in [-0.2, 0) is 17.5 Å². The fraction of sp³-hybridized carbons (Fsp3) is 0.476. The number of halogens is 3. The maximum atomic E-state index is 13.3. The maximum absolute atomic E-state index is 13.3. The molecule has 0 spiro atoms. The van der Waals surface area contributed by atoms with Crippen LogP contribution in [0.1, 0.15) is 21.6 Å². The summed E-state index contributed by atoms with van der Waals surface area (Å²) >= 11 is 0. The predicted molar refractivity (Wildman–Crippen MR) is 111 cm³/mol. The summed E-state index contributed by atoms with van der Waals surface area (Å²) in [4.78, 5) is 29.1. The molecule has 0 unspecified atom stereocenters. The summed E-state index contributed by atoms with van der Waals surface area (Å²) in [5, 5.41) is 12.7. The van der Waals surface area contributed by atoms with Crippen LogP contribution in [0.5, 0.6) is 0 Å². The summed E-state index contributed by atoms with van der Waals surface area (Å²) in [7, 11) is 0. The largest absolute Gasteiger partial charge is 0.476 e.